The van der Waals surface area contributed by atoms with Gasteiger partial charge in [0.25, 0.3) is 6.43 Å². The molecule has 7 heteroatoms. The fraction of sp³-hybridized carbons (Fsp3) is 0.125. The largest absolute Gasteiger partial charge is 0.383 e. The van der Waals surface area contributed by atoms with E-state index in [4.69, 9.17) is 16.7 Å². The molecule has 0 unspecified atom stereocenters. The van der Waals surface area contributed by atoms with Crippen molar-refractivity contribution in [3.8, 4) is 6.07 Å². The zero-order valence-corrected chi connectivity index (χ0v) is 7.37. The van der Waals surface area contributed by atoms with Gasteiger partial charge in [0.1, 0.15) is 17.6 Å². The molecule has 1 rings (SSSR count). The number of carbonyl (C=O) groups is 1. The molecule has 15 heavy (non-hydrogen) atoms. The third-order valence-electron chi connectivity index (χ3n) is 1.69. The molecule has 4 N–H and O–H groups in total. The number of anilines is 1. The number of primary amides is 1. The Hall–Kier alpha value is -2.23. The summed E-state index contributed by atoms with van der Waals surface area (Å²) in [4.78, 5) is 14.2. The molecule has 0 spiro atoms. The molecule has 0 atom stereocenters. The first-order valence-electron chi connectivity index (χ1n) is 3.75. The lowest BCUT2D eigenvalue weighted by Crippen LogP contribution is -2.17. The number of amides is 1. The maximum absolute atomic E-state index is 12.5. The van der Waals surface area contributed by atoms with Gasteiger partial charge in [-0.05, 0) is 6.07 Å². The van der Waals surface area contributed by atoms with Crippen LogP contribution in [0.15, 0.2) is 6.07 Å². The molecule has 1 amide bonds. The fourth-order valence-corrected chi connectivity index (χ4v) is 1.07. The van der Waals surface area contributed by atoms with Crippen molar-refractivity contribution in [1.29, 1.82) is 5.26 Å². The molecular weight excluding hydrogens is 206 g/mol. The van der Waals surface area contributed by atoms with E-state index in [9.17, 15) is 13.6 Å². The minimum atomic E-state index is -2.97. The van der Waals surface area contributed by atoms with E-state index in [1.807, 2.05) is 0 Å². The predicted molar refractivity (Wildman–Crippen MR) is 46.8 cm³/mol. The van der Waals surface area contributed by atoms with E-state index < -0.39 is 29.3 Å². The molecule has 0 aliphatic carbocycles. The van der Waals surface area contributed by atoms with Crippen LogP contribution in [0.5, 0.6) is 0 Å². The van der Waals surface area contributed by atoms with Gasteiger partial charge in [0.15, 0.2) is 0 Å². The van der Waals surface area contributed by atoms with Crippen LogP contribution in [-0.2, 0) is 0 Å². The lowest BCUT2D eigenvalue weighted by molar-refractivity contribution is 0.0986. The van der Waals surface area contributed by atoms with E-state index in [-0.39, 0.29) is 5.69 Å². The number of hydrogen-bond donors (Lipinski definition) is 2. The van der Waals surface area contributed by atoms with Crippen LogP contribution in [0, 0.1) is 11.3 Å². The van der Waals surface area contributed by atoms with Gasteiger partial charge in [0.2, 0.25) is 5.91 Å². The number of nitrogens with two attached hydrogens (primary N) is 2. The van der Waals surface area contributed by atoms with Crippen molar-refractivity contribution in [2.24, 2.45) is 5.73 Å². The summed E-state index contributed by atoms with van der Waals surface area (Å²) in [5.74, 6) is -1.63. The lowest BCUT2D eigenvalue weighted by atomic mass is 10.1. The predicted octanol–water partition coefficient (Wildman–Crippen LogP) is 0.572. The zero-order valence-electron chi connectivity index (χ0n) is 7.37. The Morgan fingerprint density at radius 2 is 2.20 bits per heavy atom. The number of alkyl halides is 2. The first kappa shape index (κ1) is 10.8. The van der Waals surface area contributed by atoms with Crippen LogP contribution in [0.25, 0.3) is 0 Å². The van der Waals surface area contributed by atoms with Gasteiger partial charge in [-0.15, -0.1) is 0 Å². The molecule has 1 aromatic heterocycles. The minimum Gasteiger partial charge on any atom is -0.383 e. The molecule has 78 valence electrons. The van der Waals surface area contributed by atoms with E-state index >= 15 is 0 Å². The lowest BCUT2D eigenvalue weighted by Gasteiger charge is -2.08. The summed E-state index contributed by atoms with van der Waals surface area (Å²) in [6.45, 7) is 0. The Labute approximate surface area is 83.3 Å². The molecule has 1 aromatic rings. The molecule has 0 aliphatic rings. The van der Waals surface area contributed by atoms with Crippen molar-refractivity contribution >= 4 is 11.7 Å². The second-order valence-corrected chi connectivity index (χ2v) is 2.63. The molecule has 0 aliphatic heterocycles. The molecule has 0 saturated heterocycles. The van der Waals surface area contributed by atoms with Gasteiger partial charge in [0.05, 0.1) is 11.1 Å². The van der Waals surface area contributed by atoms with Gasteiger partial charge in [-0.1, -0.05) is 0 Å². The van der Waals surface area contributed by atoms with Crippen LogP contribution in [0.4, 0.5) is 14.6 Å². The number of halogens is 2. The Morgan fingerprint density at radius 1 is 1.60 bits per heavy atom. The molecule has 0 aromatic carbocycles. The topological polar surface area (TPSA) is 106 Å². The summed E-state index contributed by atoms with van der Waals surface area (Å²) >= 11 is 0. The van der Waals surface area contributed by atoms with Crippen LogP contribution in [0.1, 0.15) is 28.0 Å². The molecule has 0 saturated carbocycles. The van der Waals surface area contributed by atoms with Crippen LogP contribution in [0.3, 0.4) is 0 Å². The quantitative estimate of drug-likeness (QED) is 0.747. The average molecular weight is 212 g/mol. The number of carbonyl (C=O) groups excluding carboxylic acids is 1. The highest BCUT2D eigenvalue weighted by Crippen LogP contribution is 2.27. The molecule has 5 nitrogen and oxygen atoms in total. The summed E-state index contributed by atoms with van der Waals surface area (Å²) in [7, 11) is 0. The van der Waals surface area contributed by atoms with Gasteiger partial charge in [0, 0.05) is 0 Å². The van der Waals surface area contributed by atoms with Crippen molar-refractivity contribution in [2.75, 3.05) is 5.73 Å². The van der Waals surface area contributed by atoms with E-state index in [0.717, 1.165) is 6.07 Å². The fourth-order valence-electron chi connectivity index (χ4n) is 1.07. The molecular formula is C8H6F2N4O. The number of pyridine rings is 1. The highest BCUT2D eigenvalue weighted by Gasteiger charge is 2.22. The first-order chi connectivity index (χ1) is 6.97. The molecule has 0 radical (unpaired) electrons. The first-order valence-corrected chi connectivity index (χ1v) is 3.75. The Bertz CT molecular complexity index is 453. The Morgan fingerprint density at radius 3 is 2.60 bits per heavy atom. The van der Waals surface area contributed by atoms with Gasteiger partial charge in [-0.3, -0.25) is 4.79 Å². The number of hydrogen-bond acceptors (Lipinski definition) is 4. The number of aromatic nitrogens is 1. The third kappa shape index (κ3) is 1.99. The smallest absolute Gasteiger partial charge is 0.268 e. The maximum atomic E-state index is 12.5. The molecule has 0 bridgehead atoms. The normalized spacial score (nSPS) is 10.0. The Balaban J connectivity index is 3.51. The number of nitrogen functional groups attached to an aromatic ring is 1. The van der Waals surface area contributed by atoms with E-state index in [1.165, 1.54) is 0 Å². The van der Waals surface area contributed by atoms with Gasteiger partial charge in [-0.2, -0.15) is 5.26 Å². The second kappa shape index (κ2) is 3.88. The highest BCUT2D eigenvalue weighted by atomic mass is 19.3. The maximum Gasteiger partial charge on any atom is 0.268 e. The van der Waals surface area contributed by atoms with E-state index in [1.54, 1.807) is 6.07 Å². The standard InChI is InChI=1S/C8H6F2N4O/c9-6(10)5-4(8(13)15)1-3(2-11)14-7(5)12/h1,6H,(H2,12,14)(H2,13,15). The summed E-state index contributed by atoms with van der Waals surface area (Å²) in [5.41, 5.74) is 8.62. The van der Waals surface area contributed by atoms with Crippen LogP contribution < -0.4 is 11.5 Å². The van der Waals surface area contributed by atoms with Crippen LogP contribution in [-0.4, -0.2) is 10.9 Å². The van der Waals surface area contributed by atoms with Gasteiger partial charge >= 0.3 is 0 Å². The summed E-state index contributed by atoms with van der Waals surface area (Å²) in [6, 6.07) is 2.47. The highest BCUT2D eigenvalue weighted by molar-refractivity contribution is 5.95. The summed E-state index contributed by atoms with van der Waals surface area (Å²) in [6.07, 6.45) is -2.97. The van der Waals surface area contributed by atoms with Crippen LogP contribution in [0.2, 0.25) is 0 Å². The SMILES string of the molecule is N#Cc1cc(C(N)=O)c(C(F)F)c(N)n1. The zero-order chi connectivity index (χ0) is 11.6. The van der Waals surface area contributed by atoms with E-state index in [0.29, 0.717) is 0 Å². The van der Waals surface area contributed by atoms with Crippen molar-refractivity contribution in [3.05, 3.63) is 22.9 Å². The van der Waals surface area contributed by atoms with Crippen molar-refractivity contribution in [1.82, 2.24) is 4.98 Å². The summed E-state index contributed by atoms with van der Waals surface area (Å²) < 4.78 is 24.9. The number of nitriles is 1. The monoisotopic (exact) mass is 212 g/mol. The van der Waals surface area contributed by atoms with Gasteiger partial charge < -0.3 is 11.5 Å². The van der Waals surface area contributed by atoms with E-state index in [2.05, 4.69) is 4.98 Å². The molecule has 1 heterocycles. The van der Waals surface area contributed by atoms with Crippen molar-refractivity contribution < 1.29 is 13.6 Å². The Kier molecular flexibility index (Phi) is 2.80. The van der Waals surface area contributed by atoms with Crippen molar-refractivity contribution in [3.63, 3.8) is 0 Å². The second-order valence-electron chi connectivity index (χ2n) is 2.63. The number of nitrogens with zero attached hydrogens (tertiary/aromatic N) is 2. The van der Waals surface area contributed by atoms with Crippen LogP contribution >= 0.6 is 0 Å². The third-order valence-corrected chi connectivity index (χ3v) is 1.69. The molecule has 0 fully saturated rings. The average Bonchev–Trinajstić information content (AvgIpc) is 2.15. The number of rotatable bonds is 2. The van der Waals surface area contributed by atoms with Gasteiger partial charge in [-0.25, -0.2) is 13.8 Å². The van der Waals surface area contributed by atoms with Crippen molar-refractivity contribution in [2.45, 2.75) is 6.43 Å². The summed E-state index contributed by atoms with van der Waals surface area (Å²) in [5, 5.41) is 8.49. The minimum absolute atomic E-state index is 0.231.